The maximum Gasteiger partial charge on any atom is 0.0469 e. The zero-order valence-corrected chi connectivity index (χ0v) is 10.9. The second-order valence-electron chi connectivity index (χ2n) is 6.22. The minimum atomic E-state index is 0.122. The van der Waals surface area contributed by atoms with Gasteiger partial charge in [-0.25, -0.2) is 0 Å². The van der Waals surface area contributed by atoms with Crippen LogP contribution in [0.4, 0.5) is 0 Å². The Bertz CT molecular complexity index is 223. The Morgan fingerprint density at radius 2 is 1.88 bits per heavy atom. The van der Waals surface area contributed by atoms with Crippen LogP contribution in [0.3, 0.4) is 0 Å². The van der Waals surface area contributed by atoms with E-state index >= 15 is 0 Å². The van der Waals surface area contributed by atoms with Gasteiger partial charge in [0.15, 0.2) is 0 Å². The fourth-order valence-electron chi connectivity index (χ4n) is 3.60. The fourth-order valence-corrected chi connectivity index (χ4v) is 3.60. The topological polar surface area (TPSA) is 35.2 Å². The molecule has 1 saturated heterocycles. The lowest BCUT2D eigenvalue weighted by molar-refractivity contribution is 0.0172. The molecule has 0 aromatic rings. The van der Waals surface area contributed by atoms with Crippen molar-refractivity contribution in [1.29, 1.82) is 0 Å². The summed E-state index contributed by atoms with van der Waals surface area (Å²) >= 11 is 0. The standard InChI is InChI=1S/C14H27NO/c1-11(2)12-4-3-7-14(15,10-12)13-5-8-16-9-6-13/h11-13H,3-10,15H2,1-2H3. The highest BCUT2D eigenvalue weighted by molar-refractivity contribution is 4.97. The number of hydrogen-bond acceptors (Lipinski definition) is 2. The highest BCUT2D eigenvalue weighted by atomic mass is 16.5. The van der Waals surface area contributed by atoms with Gasteiger partial charge in [-0.2, -0.15) is 0 Å². The van der Waals surface area contributed by atoms with Gasteiger partial charge < -0.3 is 10.5 Å². The van der Waals surface area contributed by atoms with E-state index in [1.165, 1.54) is 38.5 Å². The summed E-state index contributed by atoms with van der Waals surface area (Å²) in [6.45, 7) is 6.55. The summed E-state index contributed by atoms with van der Waals surface area (Å²) in [4.78, 5) is 0. The van der Waals surface area contributed by atoms with Crippen molar-refractivity contribution in [3.05, 3.63) is 0 Å². The summed E-state index contributed by atoms with van der Waals surface area (Å²) in [6, 6.07) is 0. The Balaban J connectivity index is 1.99. The molecule has 0 aromatic heterocycles. The second kappa shape index (κ2) is 5.05. The molecule has 0 radical (unpaired) electrons. The van der Waals surface area contributed by atoms with E-state index in [1.807, 2.05) is 0 Å². The first-order chi connectivity index (χ1) is 7.62. The zero-order chi connectivity index (χ0) is 11.6. The lowest BCUT2D eigenvalue weighted by Gasteiger charge is -2.46. The summed E-state index contributed by atoms with van der Waals surface area (Å²) < 4.78 is 5.45. The third-order valence-corrected chi connectivity index (χ3v) is 4.84. The molecule has 2 N–H and O–H groups in total. The van der Waals surface area contributed by atoms with Gasteiger partial charge in [0.2, 0.25) is 0 Å². The maximum absolute atomic E-state index is 6.71. The van der Waals surface area contributed by atoms with E-state index in [0.717, 1.165) is 25.0 Å². The molecular weight excluding hydrogens is 198 g/mol. The zero-order valence-electron chi connectivity index (χ0n) is 10.9. The molecule has 0 amide bonds. The Morgan fingerprint density at radius 1 is 1.19 bits per heavy atom. The largest absolute Gasteiger partial charge is 0.381 e. The lowest BCUT2D eigenvalue weighted by atomic mass is 9.65. The van der Waals surface area contributed by atoms with Crippen molar-refractivity contribution < 1.29 is 4.74 Å². The predicted octanol–water partition coefficient (Wildman–Crippen LogP) is 2.96. The number of rotatable bonds is 2. The number of nitrogens with two attached hydrogens (primary N) is 1. The quantitative estimate of drug-likeness (QED) is 0.784. The van der Waals surface area contributed by atoms with Crippen molar-refractivity contribution in [1.82, 2.24) is 0 Å². The van der Waals surface area contributed by atoms with Gasteiger partial charge in [-0.1, -0.05) is 26.7 Å². The second-order valence-corrected chi connectivity index (χ2v) is 6.22. The number of ether oxygens (including phenoxy) is 1. The van der Waals surface area contributed by atoms with E-state index in [4.69, 9.17) is 10.5 Å². The molecule has 2 fully saturated rings. The van der Waals surface area contributed by atoms with Gasteiger partial charge in [-0.05, 0) is 43.4 Å². The first kappa shape index (κ1) is 12.4. The van der Waals surface area contributed by atoms with Crippen molar-refractivity contribution in [3.8, 4) is 0 Å². The third kappa shape index (κ3) is 2.60. The minimum absolute atomic E-state index is 0.122. The van der Waals surface area contributed by atoms with Crippen LogP contribution in [-0.4, -0.2) is 18.8 Å². The molecule has 2 unspecified atom stereocenters. The molecule has 1 aliphatic heterocycles. The molecule has 1 heterocycles. The van der Waals surface area contributed by atoms with Crippen LogP contribution in [0.1, 0.15) is 52.4 Å². The Hall–Kier alpha value is -0.0800. The molecule has 2 rings (SSSR count). The molecule has 0 bridgehead atoms. The minimum Gasteiger partial charge on any atom is -0.381 e. The van der Waals surface area contributed by atoms with Gasteiger partial charge in [-0.3, -0.25) is 0 Å². The van der Waals surface area contributed by atoms with Crippen molar-refractivity contribution in [2.24, 2.45) is 23.5 Å². The Kier molecular flexibility index (Phi) is 3.91. The van der Waals surface area contributed by atoms with Crippen LogP contribution in [0.5, 0.6) is 0 Å². The molecule has 2 heteroatoms. The molecule has 2 nitrogen and oxygen atoms in total. The molecule has 16 heavy (non-hydrogen) atoms. The molecule has 0 spiro atoms. The van der Waals surface area contributed by atoms with Gasteiger partial charge in [-0.15, -0.1) is 0 Å². The highest BCUT2D eigenvalue weighted by Crippen LogP contribution is 2.41. The third-order valence-electron chi connectivity index (χ3n) is 4.84. The van der Waals surface area contributed by atoms with Crippen molar-refractivity contribution in [3.63, 3.8) is 0 Å². The lowest BCUT2D eigenvalue weighted by Crippen LogP contribution is -2.52. The van der Waals surface area contributed by atoms with E-state index < -0.39 is 0 Å². The van der Waals surface area contributed by atoms with Crippen LogP contribution in [0.15, 0.2) is 0 Å². The summed E-state index contributed by atoms with van der Waals surface area (Å²) in [5.74, 6) is 2.35. The first-order valence-corrected chi connectivity index (χ1v) is 6.98. The smallest absolute Gasteiger partial charge is 0.0469 e. The van der Waals surface area contributed by atoms with Gasteiger partial charge in [0.05, 0.1) is 0 Å². The van der Waals surface area contributed by atoms with E-state index in [2.05, 4.69) is 13.8 Å². The van der Waals surface area contributed by atoms with Crippen LogP contribution < -0.4 is 5.73 Å². The van der Waals surface area contributed by atoms with E-state index in [-0.39, 0.29) is 5.54 Å². The SMILES string of the molecule is CC(C)C1CCCC(N)(C2CCOCC2)C1. The van der Waals surface area contributed by atoms with E-state index in [1.54, 1.807) is 0 Å². The molecule has 1 saturated carbocycles. The average Bonchev–Trinajstić information content (AvgIpc) is 2.30. The van der Waals surface area contributed by atoms with Gasteiger partial charge >= 0.3 is 0 Å². The highest BCUT2D eigenvalue weighted by Gasteiger charge is 2.40. The average molecular weight is 225 g/mol. The predicted molar refractivity (Wildman–Crippen MR) is 67.3 cm³/mol. The van der Waals surface area contributed by atoms with Crippen molar-refractivity contribution in [2.45, 2.75) is 57.9 Å². The summed E-state index contributed by atoms with van der Waals surface area (Å²) in [5, 5.41) is 0. The molecule has 1 aliphatic carbocycles. The Morgan fingerprint density at radius 3 is 2.50 bits per heavy atom. The molecule has 0 aromatic carbocycles. The van der Waals surface area contributed by atoms with Crippen LogP contribution in [0.25, 0.3) is 0 Å². The van der Waals surface area contributed by atoms with Crippen LogP contribution in [0, 0.1) is 17.8 Å². The normalized spacial score (nSPS) is 37.9. The van der Waals surface area contributed by atoms with Crippen LogP contribution >= 0.6 is 0 Å². The monoisotopic (exact) mass is 225 g/mol. The van der Waals surface area contributed by atoms with E-state index in [0.29, 0.717) is 5.92 Å². The van der Waals surface area contributed by atoms with Gasteiger partial charge in [0.25, 0.3) is 0 Å². The summed E-state index contributed by atoms with van der Waals surface area (Å²) in [7, 11) is 0. The summed E-state index contributed by atoms with van der Waals surface area (Å²) in [5.41, 5.74) is 6.83. The Labute approximate surface area is 99.9 Å². The molecule has 2 atom stereocenters. The molecule has 2 aliphatic rings. The van der Waals surface area contributed by atoms with Gasteiger partial charge in [0, 0.05) is 18.8 Å². The number of hydrogen-bond donors (Lipinski definition) is 1. The van der Waals surface area contributed by atoms with Crippen LogP contribution in [0.2, 0.25) is 0 Å². The maximum atomic E-state index is 6.71. The van der Waals surface area contributed by atoms with Crippen molar-refractivity contribution in [2.75, 3.05) is 13.2 Å². The van der Waals surface area contributed by atoms with Crippen molar-refractivity contribution >= 4 is 0 Å². The van der Waals surface area contributed by atoms with E-state index in [9.17, 15) is 0 Å². The first-order valence-electron chi connectivity index (χ1n) is 6.98. The molecular formula is C14H27NO. The molecule has 94 valence electrons. The van der Waals surface area contributed by atoms with Crippen LogP contribution in [-0.2, 0) is 4.74 Å². The fraction of sp³-hybridized carbons (Fsp3) is 1.00. The summed E-state index contributed by atoms with van der Waals surface area (Å²) in [6.07, 6.45) is 7.56. The van der Waals surface area contributed by atoms with Gasteiger partial charge in [0.1, 0.15) is 0 Å².